The fourth-order valence-electron chi connectivity index (χ4n) is 4.64. The molecule has 0 bridgehead atoms. The van der Waals surface area contributed by atoms with Crippen LogP contribution in [0.2, 0.25) is 0 Å². The molecule has 0 saturated carbocycles. The Kier molecular flexibility index (Phi) is 3.27. The summed E-state index contributed by atoms with van der Waals surface area (Å²) in [5.41, 5.74) is 4.29. The molecular formula is C21H21NO2. The van der Waals surface area contributed by atoms with Gasteiger partial charge in [-0.15, -0.1) is 0 Å². The van der Waals surface area contributed by atoms with Crippen molar-refractivity contribution in [2.75, 3.05) is 19.1 Å². The van der Waals surface area contributed by atoms with Crippen LogP contribution in [-0.2, 0) is 14.9 Å². The Morgan fingerprint density at radius 2 is 1.75 bits per heavy atom. The van der Waals surface area contributed by atoms with Crippen LogP contribution in [0.3, 0.4) is 0 Å². The number of anilines is 1. The summed E-state index contributed by atoms with van der Waals surface area (Å²) < 4.78 is 5.08. The minimum Gasteiger partial charge on any atom is -0.466 e. The van der Waals surface area contributed by atoms with Crippen molar-refractivity contribution in [3.63, 3.8) is 0 Å². The number of esters is 1. The lowest BCUT2D eigenvalue weighted by molar-refractivity contribution is -0.136. The molecule has 3 atom stereocenters. The van der Waals surface area contributed by atoms with E-state index in [2.05, 4.69) is 73.5 Å². The Labute approximate surface area is 142 Å². The molecule has 4 rings (SSSR count). The molecule has 0 N–H and O–H groups in total. The van der Waals surface area contributed by atoms with Crippen LogP contribution in [0.5, 0.6) is 0 Å². The maximum absolute atomic E-state index is 12.5. The Balaban J connectivity index is 1.94. The number of allylic oxidation sites excluding steroid dienone is 1. The first-order valence-corrected chi connectivity index (χ1v) is 8.26. The van der Waals surface area contributed by atoms with Gasteiger partial charge in [0.25, 0.3) is 0 Å². The highest BCUT2D eigenvalue weighted by molar-refractivity contribution is 5.94. The van der Waals surface area contributed by atoms with Crippen molar-refractivity contribution in [2.24, 2.45) is 0 Å². The lowest BCUT2D eigenvalue weighted by Crippen LogP contribution is -2.43. The third-order valence-electron chi connectivity index (χ3n) is 5.69. The molecule has 2 aliphatic rings. The fourth-order valence-corrected chi connectivity index (χ4v) is 4.64. The summed E-state index contributed by atoms with van der Waals surface area (Å²) in [7, 11) is 3.53. The number of nitrogens with zero attached hydrogens (tertiary/aromatic N) is 1. The molecule has 2 aromatic rings. The molecule has 0 fully saturated rings. The average Bonchev–Trinajstić information content (AvgIpc) is 3.06. The van der Waals surface area contributed by atoms with Crippen LogP contribution >= 0.6 is 0 Å². The van der Waals surface area contributed by atoms with E-state index < -0.39 is 0 Å². The van der Waals surface area contributed by atoms with Crippen molar-refractivity contribution in [3.05, 3.63) is 77.4 Å². The molecule has 0 radical (unpaired) electrons. The minimum absolute atomic E-state index is 0.00689. The smallest absolute Gasteiger partial charge is 0.335 e. The molecule has 24 heavy (non-hydrogen) atoms. The van der Waals surface area contributed by atoms with Gasteiger partial charge in [0.15, 0.2) is 0 Å². The number of hydrogen-bond acceptors (Lipinski definition) is 3. The Morgan fingerprint density at radius 3 is 2.46 bits per heavy atom. The molecule has 1 aliphatic carbocycles. The van der Waals surface area contributed by atoms with Crippen molar-refractivity contribution in [3.8, 4) is 0 Å². The average molecular weight is 319 g/mol. The number of hydrogen-bond donors (Lipinski definition) is 0. The van der Waals surface area contributed by atoms with Crippen LogP contribution in [0.1, 0.15) is 24.0 Å². The summed E-state index contributed by atoms with van der Waals surface area (Å²) in [6.45, 7) is 2.27. The van der Waals surface area contributed by atoms with E-state index in [9.17, 15) is 4.79 Å². The number of rotatable bonds is 2. The molecule has 1 aliphatic heterocycles. The monoisotopic (exact) mass is 319 g/mol. The zero-order valence-electron chi connectivity index (χ0n) is 14.2. The van der Waals surface area contributed by atoms with E-state index in [1.807, 2.05) is 6.07 Å². The highest BCUT2D eigenvalue weighted by atomic mass is 16.5. The second kappa shape index (κ2) is 5.23. The van der Waals surface area contributed by atoms with E-state index in [1.54, 1.807) is 0 Å². The van der Waals surface area contributed by atoms with E-state index in [1.165, 1.54) is 23.9 Å². The molecule has 3 nitrogen and oxygen atoms in total. The molecule has 1 heterocycles. The van der Waals surface area contributed by atoms with Crippen molar-refractivity contribution in [1.29, 1.82) is 0 Å². The number of para-hydroxylation sites is 1. The van der Waals surface area contributed by atoms with Gasteiger partial charge in [0.05, 0.1) is 18.7 Å². The largest absolute Gasteiger partial charge is 0.466 e. The summed E-state index contributed by atoms with van der Waals surface area (Å²) in [5.74, 6) is -0.0896. The summed E-state index contributed by atoms with van der Waals surface area (Å²) >= 11 is 0. The van der Waals surface area contributed by atoms with Gasteiger partial charge < -0.3 is 9.64 Å². The molecule has 0 spiro atoms. The Morgan fingerprint density at radius 1 is 1.08 bits per heavy atom. The van der Waals surface area contributed by atoms with Gasteiger partial charge in [-0.25, -0.2) is 4.79 Å². The van der Waals surface area contributed by atoms with Gasteiger partial charge in [0.2, 0.25) is 0 Å². The predicted molar refractivity (Wildman–Crippen MR) is 95.3 cm³/mol. The van der Waals surface area contributed by atoms with Crippen molar-refractivity contribution < 1.29 is 9.53 Å². The van der Waals surface area contributed by atoms with Gasteiger partial charge in [0.1, 0.15) is 0 Å². The molecule has 0 amide bonds. The van der Waals surface area contributed by atoms with Crippen molar-refractivity contribution in [2.45, 2.75) is 24.3 Å². The second-order valence-electron chi connectivity index (χ2n) is 6.82. The number of fused-ring (bicyclic) bond motifs is 3. The van der Waals surface area contributed by atoms with Crippen LogP contribution in [0.25, 0.3) is 0 Å². The highest BCUT2D eigenvalue weighted by Crippen LogP contribution is 2.58. The van der Waals surface area contributed by atoms with E-state index in [0.717, 1.165) is 5.57 Å². The van der Waals surface area contributed by atoms with E-state index >= 15 is 0 Å². The van der Waals surface area contributed by atoms with Gasteiger partial charge >= 0.3 is 5.97 Å². The summed E-state index contributed by atoms with van der Waals surface area (Å²) in [4.78, 5) is 14.7. The molecule has 3 heteroatoms. The van der Waals surface area contributed by atoms with Crippen molar-refractivity contribution >= 4 is 11.7 Å². The van der Waals surface area contributed by atoms with Gasteiger partial charge in [-0.1, -0.05) is 61.5 Å². The van der Waals surface area contributed by atoms with Crippen molar-refractivity contribution in [1.82, 2.24) is 0 Å². The number of methoxy groups -OCH3 is 1. The van der Waals surface area contributed by atoms with Crippen LogP contribution < -0.4 is 4.90 Å². The maximum atomic E-state index is 12.5. The molecule has 2 aromatic carbocycles. The van der Waals surface area contributed by atoms with Gasteiger partial charge in [0, 0.05) is 24.1 Å². The highest BCUT2D eigenvalue weighted by Gasteiger charge is 2.57. The summed E-state index contributed by atoms with van der Waals surface area (Å²) in [6, 6.07) is 18.9. The number of carbonyl (C=O) groups is 1. The minimum atomic E-state index is -0.232. The van der Waals surface area contributed by atoms with Crippen LogP contribution in [0.15, 0.2) is 66.2 Å². The van der Waals surface area contributed by atoms with Gasteiger partial charge in [-0.05, 0) is 17.2 Å². The third kappa shape index (κ3) is 1.81. The third-order valence-corrected chi connectivity index (χ3v) is 5.69. The van der Waals surface area contributed by atoms with E-state index in [0.29, 0.717) is 0 Å². The van der Waals surface area contributed by atoms with Crippen LogP contribution in [0, 0.1) is 0 Å². The topological polar surface area (TPSA) is 29.5 Å². The second-order valence-corrected chi connectivity index (χ2v) is 6.82. The SMILES string of the molecule is COC(=O)C1=C[C@@H](c2ccccc2)[C@@]2(C)c3ccccc3N(C)[C@@H]12. The lowest BCUT2D eigenvalue weighted by atomic mass is 9.69. The van der Waals surface area contributed by atoms with Gasteiger partial charge in [-0.2, -0.15) is 0 Å². The maximum Gasteiger partial charge on any atom is 0.335 e. The zero-order valence-corrected chi connectivity index (χ0v) is 14.2. The summed E-state index contributed by atoms with van der Waals surface area (Å²) in [6.07, 6.45) is 2.11. The Bertz CT molecular complexity index is 827. The van der Waals surface area contributed by atoms with Crippen LogP contribution in [0.4, 0.5) is 5.69 Å². The number of likely N-dealkylation sites (N-methyl/N-ethyl adjacent to an activating group) is 1. The number of benzene rings is 2. The predicted octanol–water partition coefficient (Wildman–Crippen LogP) is 3.66. The van der Waals surface area contributed by atoms with E-state index in [-0.39, 0.29) is 23.3 Å². The molecule has 0 saturated heterocycles. The first kappa shape index (κ1) is 15.0. The fraction of sp³-hybridized carbons (Fsp3) is 0.286. The summed E-state index contributed by atoms with van der Waals surface area (Å²) in [5, 5.41) is 0. The molecular weight excluding hydrogens is 298 g/mol. The number of ether oxygens (including phenoxy) is 1. The first-order valence-electron chi connectivity index (χ1n) is 8.26. The molecule has 122 valence electrons. The zero-order chi connectivity index (χ0) is 16.9. The number of carbonyl (C=O) groups excluding carboxylic acids is 1. The lowest BCUT2D eigenvalue weighted by Gasteiger charge is -2.35. The van der Waals surface area contributed by atoms with E-state index in [4.69, 9.17) is 4.74 Å². The Hall–Kier alpha value is -2.55. The molecule has 0 unspecified atom stereocenters. The standard InChI is InChI=1S/C21H21NO2/c1-21-16-11-7-8-12-18(16)22(2)19(21)15(20(23)24-3)13-17(21)14-9-5-4-6-10-14/h4-13,17,19H,1-3H3/t17-,19-,21+/m0/s1. The normalized spacial score (nSPS) is 27.5. The molecule has 0 aromatic heterocycles. The van der Waals surface area contributed by atoms with Crippen LogP contribution in [-0.4, -0.2) is 26.2 Å². The van der Waals surface area contributed by atoms with Gasteiger partial charge in [-0.3, -0.25) is 0 Å². The quantitative estimate of drug-likeness (QED) is 0.791. The first-order chi connectivity index (χ1) is 11.6.